The van der Waals surface area contributed by atoms with Crippen LogP contribution in [0, 0.1) is 17.2 Å². The summed E-state index contributed by atoms with van der Waals surface area (Å²) in [4.78, 5) is 12.6. The highest BCUT2D eigenvalue weighted by atomic mass is 16.5. The lowest BCUT2D eigenvalue weighted by atomic mass is 9.92. The largest absolute Gasteiger partial charge is 0.423 e. The Morgan fingerprint density at radius 2 is 1.55 bits per heavy atom. The molecule has 176 valence electrons. The monoisotopic (exact) mass is 445 g/mol. The number of esters is 1. The van der Waals surface area contributed by atoms with Gasteiger partial charge in [-0.3, -0.25) is 0 Å². The summed E-state index contributed by atoms with van der Waals surface area (Å²) < 4.78 is 5.57. The smallest absolute Gasteiger partial charge is 0.343 e. The molecule has 2 aromatic rings. The number of carbonyl (C=O) groups is 1. The second-order valence-corrected chi connectivity index (χ2v) is 9.61. The Labute approximate surface area is 200 Å². The van der Waals surface area contributed by atoms with Crippen LogP contribution < -0.4 is 4.74 Å². The molecule has 2 atom stereocenters. The summed E-state index contributed by atoms with van der Waals surface area (Å²) in [6.07, 6.45) is 14.4. The predicted octanol–water partition coefficient (Wildman–Crippen LogP) is 8.17. The Balaban J connectivity index is 1.50. The van der Waals surface area contributed by atoms with Gasteiger partial charge in [-0.25, -0.2) is 4.79 Å². The number of aryl methyl sites for hydroxylation is 1. The van der Waals surface area contributed by atoms with E-state index in [1.54, 1.807) is 12.1 Å². The van der Waals surface area contributed by atoms with Gasteiger partial charge in [-0.15, -0.1) is 0 Å². The zero-order chi connectivity index (χ0) is 23.5. The molecule has 3 heteroatoms. The van der Waals surface area contributed by atoms with Crippen molar-refractivity contribution in [3.05, 3.63) is 65.2 Å². The van der Waals surface area contributed by atoms with Gasteiger partial charge in [0, 0.05) is 0 Å². The van der Waals surface area contributed by atoms with Crippen LogP contribution in [-0.2, 0) is 11.8 Å². The summed E-state index contributed by atoms with van der Waals surface area (Å²) in [7, 11) is 0. The summed E-state index contributed by atoms with van der Waals surface area (Å²) in [5, 5.41) is 9.83. The number of hydrogen-bond acceptors (Lipinski definition) is 3. The Bertz CT molecular complexity index is 910. The fourth-order valence-corrected chi connectivity index (χ4v) is 4.78. The highest BCUT2D eigenvalue weighted by Crippen LogP contribution is 2.56. The number of hydrogen-bond donors (Lipinski definition) is 0. The van der Waals surface area contributed by atoms with E-state index >= 15 is 0 Å². The van der Waals surface area contributed by atoms with Crippen molar-refractivity contribution >= 4 is 5.97 Å². The molecule has 2 aromatic carbocycles. The third-order valence-electron chi connectivity index (χ3n) is 7.05. The molecular formula is C30H39NO2. The van der Waals surface area contributed by atoms with Crippen LogP contribution in [0.2, 0.25) is 0 Å². The van der Waals surface area contributed by atoms with Gasteiger partial charge in [-0.2, -0.15) is 5.26 Å². The maximum atomic E-state index is 12.6. The van der Waals surface area contributed by atoms with E-state index in [2.05, 4.69) is 32.0 Å². The van der Waals surface area contributed by atoms with Crippen molar-refractivity contribution < 1.29 is 9.53 Å². The molecule has 1 fully saturated rings. The third kappa shape index (κ3) is 6.94. The molecule has 0 amide bonds. The minimum atomic E-state index is -0.360. The van der Waals surface area contributed by atoms with Crippen LogP contribution >= 0.6 is 0 Å². The molecule has 33 heavy (non-hydrogen) atoms. The Hall–Kier alpha value is -2.60. The number of nitriles is 1. The first-order valence-electron chi connectivity index (χ1n) is 13.0. The summed E-state index contributed by atoms with van der Waals surface area (Å²) in [5.74, 6) is 0.663. The zero-order valence-electron chi connectivity index (χ0n) is 20.4. The first-order chi connectivity index (χ1) is 16.1. The Kier molecular flexibility index (Phi) is 9.55. The molecule has 0 bridgehead atoms. The number of ether oxygens (including phenoxy) is 1. The molecule has 0 aliphatic heterocycles. The molecule has 0 heterocycles. The van der Waals surface area contributed by atoms with Crippen LogP contribution in [0.5, 0.6) is 5.75 Å². The first-order valence-corrected chi connectivity index (χ1v) is 13.0. The van der Waals surface area contributed by atoms with Gasteiger partial charge in [-0.05, 0) is 67.0 Å². The summed E-state index contributed by atoms with van der Waals surface area (Å²) in [6.45, 7) is 4.45. The predicted molar refractivity (Wildman–Crippen MR) is 134 cm³/mol. The lowest BCUT2D eigenvalue weighted by Gasteiger charge is -2.11. The van der Waals surface area contributed by atoms with Crippen molar-refractivity contribution in [3.63, 3.8) is 0 Å². The van der Waals surface area contributed by atoms with E-state index in [0.717, 1.165) is 24.8 Å². The van der Waals surface area contributed by atoms with Crippen LogP contribution in [0.1, 0.15) is 106 Å². The van der Waals surface area contributed by atoms with Gasteiger partial charge in [0.05, 0.1) is 17.0 Å². The molecule has 1 aliphatic rings. The lowest BCUT2D eigenvalue weighted by molar-refractivity contribution is 0.0734. The first kappa shape index (κ1) is 25.0. The van der Waals surface area contributed by atoms with Crippen molar-refractivity contribution in [2.75, 3.05) is 0 Å². The molecule has 1 aliphatic carbocycles. The lowest BCUT2D eigenvalue weighted by Crippen LogP contribution is -2.11. The van der Waals surface area contributed by atoms with Crippen molar-refractivity contribution in [2.24, 2.45) is 5.92 Å². The number of benzene rings is 2. The van der Waals surface area contributed by atoms with Gasteiger partial charge in [-0.1, -0.05) is 89.5 Å². The fraction of sp³-hybridized carbons (Fsp3) is 0.533. The van der Waals surface area contributed by atoms with E-state index in [0.29, 0.717) is 17.2 Å². The van der Waals surface area contributed by atoms with Crippen LogP contribution in [0.25, 0.3) is 0 Å². The highest BCUT2D eigenvalue weighted by molar-refractivity contribution is 5.91. The molecule has 0 radical (unpaired) electrons. The van der Waals surface area contributed by atoms with Crippen LogP contribution in [0.3, 0.4) is 0 Å². The van der Waals surface area contributed by atoms with Crippen LogP contribution in [0.15, 0.2) is 48.5 Å². The van der Waals surface area contributed by atoms with Crippen molar-refractivity contribution in [1.29, 1.82) is 5.26 Å². The summed E-state index contributed by atoms with van der Waals surface area (Å²) in [6, 6.07) is 17.9. The topological polar surface area (TPSA) is 50.1 Å². The number of rotatable bonds is 14. The average molecular weight is 446 g/mol. The Morgan fingerprint density at radius 1 is 0.909 bits per heavy atom. The van der Waals surface area contributed by atoms with Crippen molar-refractivity contribution in [3.8, 4) is 11.8 Å². The molecule has 0 unspecified atom stereocenters. The molecule has 3 rings (SSSR count). The number of carbonyl (C=O) groups excluding carboxylic acids is 1. The van der Waals surface area contributed by atoms with Gasteiger partial charge < -0.3 is 4.74 Å². The van der Waals surface area contributed by atoms with E-state index in [1.165, 1.54) is 63.4 Å². The second kappa shape index (κ2) is 12.6. The quantitative estimate of drug-likeness (QED) is 0.167. The molecule has 0 aromatic heterocycles. The zero-order valence-corrected chi connectivity index (χ0v) is 20.4. The number of unbranched alkanes of at least 4 members (excludes halogenated alkanes) is 7. The molecule has 0 saturated heterocycles. The molecule has 0 spiro atoms. The molecule has 1 saturated carbocycles. The van der Waals surface area contributed by atoms with Crippen LogP contribution in [-0.4, -0.2) is 5.97 Å². The van der Waals surface area contributed by atoms with E-state index in [4.69, 9.17) is 4.74 Å². The fourth-order valence-electron chi connectivity index (χ4n) is 4.78. The Morgan fingerprint density at radius 3 is 2.18 bits per heavy atom. The van der Waals surface area contributed by atoms with E-state index in [1.807, 2.05) is 24.3 Å². The molecule has 3 nitrogen and oxygen atoms in total. The van der Waals surface area contributed by atoms with Crippen LogP contribution in [0.4, 0.5) is 0 Å². The van der Waals surface area contributed by atoms with E-state index < -0.39 is 0 Å². The number of nitrogens with zero attached hydrogens (tertiary/aromatic N) is 1. The maximum Gasteiger partial charge on any atom is 0.343 e. The van der Waals surface area contributed by atoms with Gasteiger partial charge in [0.1, 0.15) is 5.75 Å². The SMILES string of the molecule is CCCCCCCc1ccc(OC(=O)c2ccc([C@@]3(C#N)C[C@@H]3CCCCCC)cc2)cc1. The maximum absolute atomic E-state index is 12.6. The van der Waals surface area contributed by atoms with Crippen molar-refractivity contribution in [1.82, 2.24) is 0 Å². The summed E-state index contributed by atoms with van der Waals surface area (Å²) in [5.41, 5.74) is 2.48. The minimum absolute atomic E-state index is 0.355. The van der Waals surface area contributed by atoms with Gasteiger partial charge in [0.25, 0.3) is 0 Å². The minimum Gasteiger partial charge on any atom is -0.423 e. The molecular weight excluding hydrogens is 406 g/mol. The highest BCUT2D eigenvalue weighted by Gasteiger charge is 2.55. The second-order valence-electron chi connectivity index (χ2n) is 9.61. The van der Waals surface area contributed by atoms with Gasteiger partial charge >= 0.3 is 5.97 Å². The summed E-state index contributed by atoms with van der Waals surface area (Å²) >= 11 is 0. The third-order valence-corrected chi connectivity index (χ3v) is 7.05. The van der Waals surface area contributed by atoms with Gasteiger partial charge in [0.15, 0.2) is 0 Å². The van der Waals surface area contributed by atoms with E-state index in [9.17, 15) is 10.1 Å². The standard InChI is InChI=1S/C30H39NO2/c1-3-5-7-9-10-12-24-14-20-28(21-15-24)33-29(32)25-16-18-26(19-17-25)30(23-31)22-27(30)13-11-8-6-4-2/h14-21,27H,3-13,22H2,1-2H3/t27-,30-/m0/s1. The normalized spacial score (nSPS) is 19.1. The van der Waals surface area contributed by atoms with E-state index in [-0.39, 0.29) is 11.4 Å². The molecule has 0 N–H and O–H groups in total. The average Bonchev–Trinajstić information content (AvgIpc) is 3.57. The van der Waals surface area contributed by atoms with Gasteiger partial charge in [0.2, 0.25) is 0 Å². The van der Waals surface area contributed by atoms with Crippen molar-refractivity contribution in [2.45, 2.75) is 96.3 Å².